The first-order valence-corrected chi connectivity index (χ1v) is 8.81. The van der Waals surface area contributed by atoms with Crippen LogP contribution >= 0.6 is 0 Å². The van der Waals surface area contributed by atoms with E-state index in [0.717, 1.165) is 19.0 Å². The lowest BCUT2D eigenvalue weighted by molar-refractivity contribution is 0.135. The minimum absolute atomic E-state index is 0.369. The van der Waals surface area contributed by atoms with Gasteiger partial charge >= 0.3 is 0 Å². The van der Waals surface area contributed by atoms with Crippen LogP contribution in [-0.2, 0) is 6.42 Å². The van der Waals surface area contributed by atoms with Crippen LogP contribution in [0.3, 0.4) is 0 Å². The Bertz CT molecular complexity index is 583. The van der Waals surface area contributed by atoms with Crippen molar-refractivity contribution < 1.29 is 0 Å². The van der Waals surface area contributed by atoms with Gasteiger partial charge in [-0.1, -0.05) is 60.2 Å². The molecule has 2 aromatic carbocycles. The Morgan fingerprint density at radius 3 is 2.26 bits per heavy atom. The summed E-state index contributed by atoms with van der Waals surface area (Å²) in [7, 11) is 0. The summed E-state index contributed by atoms with van der Waals surface area (Å²) in [4.78, 5) is 2.58. The monoisotopic (exact) mass is 308 g/mol. The van der Waals surface area contributed by atoms with Gasteiger partial charge in [0.2, 0.25) is 0 Å². The zero-order valence-corrected chi connectivity index (χ0v) is 14.1. The Balaban J connectivity index is 1.58. The molecule has 0 spiro atoms. The standard InChI is InChI=1S/C21H28N2/c1-17-7-9-20(10-8-17)21(16-22)23-13-11-19(12-14-23)15-18-5-3-2-4-6-18/h2-10,19,21H,11-16,22H2,1H3. The molecule has 0 radical (unpaired) electrons. The van der Waals surface area contributed by atoms with Crippen LogP contribution in [0.15, 0.2) is 54.6 Å². The molecule has 1 saturated heterocycles. The second-order valence-electron chi connectivity index (χ2n) is 6.83. The van der Waals surface area contributed by atoms with Crippen molar-refractivity contribution in [2.75, 3.05) is 19.6 Å². The molecular weight excluding hydrogens is 280 g/mol. The van der Waals surface area contributed by atoms with Gasteiger partial charge in [0.1, 0.15) is 0 Å². The third-order valence-corrected chi connectivity index (χ3v) is 5.14. The van der Waals surface area contributed by atoms with Crippen LogP contribution in [0.5, 0.6) is 0 Å². The van der Waals surface area contributed by atoms with Gasteiger partial charge in [0.25, 0.3) is 0 Å². The highest BCUT2D eigenvalue weighted by Crippen LogP contribution is 2.28. The third-order valence-electron chi connectivity index (χ3n) is 5.14. The summed E-state index contributed by atoms with van der Waals surface area (Å²) in [5.41, 5.74) is 10.2. The summed E-state index contributed by atoms with van der Waals surface area (Å²) in [6.45, 7) is 5.16. The molecule has 0 aliphatic carbocycles. The highest BCUT2D eigenvalue weighted by molar-refractivity contribution is 5.24. The van der Waals surface area contributed by atoms with E-state index in [1.165, 1.54) is 36.0 Å². The number of nitrogens with two attached hydrogens (primary N) is 1. The first-order chi connectivity index (χ1) is 11.3. The van der Waals surface area contributed by atoms with Crippen LogP contribution in [0.25, 0.3) is 0 Å². The highest BCUT2D eigenvalue weighted by Gasteiger charge is 2.25. The molecule has 23 heavy (non-hydrogen) atoms. The first kappa shape index (κ1) is 16.2. The molecule has 2 heteroatoms. The Hall–Kier alpha value is -1.64. The van der Waals surface area contributed by atoms with E-state index in [1.54, 1.807) is 0 Å². The summed E-state index contributed by atoms with van der Waals surface area (Å²) in [6.07, 6.45) is 3.76. The summed E-state index contributed by atoms with van der Waals surface area (Å²) in [5, 5.41) is 0. The maximum absolute atomic E-state index is 6.09. The summed E-state index contributed by atoms with van der Waals surface area (Å²) in [5.74, 6) is 0.810. The van der Waals surface area contributed by atoms with Gasteiger partial charge in [-0.15, -0.1) is 0 Å². The molecule has 1 heterocycles. The van der Waals surface area contributed by atoms with Gasteiger partial charge in [0.05, 0.1) is 0 Å². The van der Waals surface area contributed by atoms with Gasteiger partial charge < -0.3 is 5.73 Å². The van der Waals surface area contributed by atoms with Gasteiger partial charge in [0.15, 0.2) is 0 Å². The molecule has 1 unspecified atom stereocenters. The fraction of sp³-hybridized carbons (Fsp3) is 0.429. The van der Waals surface area contributed by atoms with Crippen LogP contribution in [-0.4, -0.2) is 24.5 Å². The number of likely N-dealkylation sites (tertiary alicyclic amines) is 1. The molecule has 0 aromatic heterocycles. The molecule has 0 amide bonds. The van der Waals surface area contributed by atoms with Crippen LogP contribution in [0.2, 0.25) is 0 Å². The van der Waals surface area contributed by atoms with E-state index in [4.69, 9.17) is 5.73 Å². The number of rotatable bonds is 5. The summed E-state index contributed by atoms with van der Waals surface area (Å²) < 4.78 is 0. The molecule has 0 saturated carbocycles. The normalized spacial score (nSPS) is 18.0. The van der Waals surface area contributed by atoms with Crippen molar-refractivity contribution in [1.29, 1.82) is 0 Å². The maximum Gasteiger partial charge on any atom is 0.0470 e. The largest absolute Gasteiger partial charge is 0.329 e. The minimum Gasteiger partial charge on any atom is -0.329 e. The molecule has 2 nitrogen and oxygen atoms in total. The zero-order chi connectivity index (χ0) is 16.1. The lowest BCUT2D eigenvalue weighted by atomic mass is 9.89. The van der Waals surface area contributed by atoms with Crippen molar-refractivity contribution >= 4 is 0 Å². The zero-order valence-electron chi connectivity index (χ0n) is 14.1. The Labute approximate surface area is 140 Å². The topological polar surface area (TPSA) is 29.3 Å². The number of hydrogen-bond acceptors (Lipinski definition) is 2. The van der Waals surface area contributed by atoms with E-state index in [2.05, 4.69) is 66.4 Å². The molecule has 2 N–H and O–H groups in total. The van der Waals surface area contributed by atoms with Crippen molar-refractivity contribution in [3.8, 4) is 0 Å². The average Bonchev–Trinajstić information content (AvgIpc) is 2.60. The fourth-order valence-electron chi connectivity index (χ4n) is 3.70. The van der Waals surface area contributed by atoms with E-state index in [9.17, 15) is 0 Å². The average molecular weight is 308 g/mol. The smallest absolute Gasteiger partial charge is 0.0470 e. The maximum atomic E-state index is 6.09. The second kappa shape index (κ2) is 7.76. The molecular formula is C21H28N2. The van der Waals surface area contributed by atoms with E-state index < -0.39 is 0 Å². The van der Waals surface area contributed by atoms with Crippen molar-refractivity contribution in [1.82, 2.24) is 4.90 Å². The van der Waals surface area contributed by atoms with Crippen LogP contribution < -0.4 is 5.73 Å². The van der Waals surface area contributed by atoms with Crippen LogP contribution in [0.4, 0.5) is 0 Å². The Kier molecular flexibility index (Phi) is 5.47. The van der Waals surface area contributed by atoms with Crippen LogP contribution in [0.1, 0.15) is 35.6 Å². The second-order valence-corrected chi connectivity index (χ2v) is 6.83. The number of hydrogen-bond donors (Lipinski definition) is 1. The van der Waals surface area contributed by atoms with E-state index in [1.807, 2.05) is 0 Å². The summed E-state index contributed by atoms with van der Waals surface area (Å²) in [6, 6.07) is 20.1. The number of aryl methyl sites for hydroxylation is 1. The van der Waals surface area contributed by atoms with Gasteiger partial charge in [-0.25, -0.2) is 0 Å². The third kappa shape index (κ3) is 4.21. The predicted molar refractivity (Wildman–Crippen MR) is 97.4 cm³/mol. The Morgan fingerprint density at radius 1 is 1.00 bits per heavy atom. The van der Waals surface area contributed by atoms with Crippen molar-refractivity contribution in [3.63, 3.8) is 0 Å². The van der Waals surface area contributed by atoms with E-state index >= 15 is 0 Å². The first-order valence-electron chi connectivity index (χ1n) is 8.81. The van der Waals surface area contributed by atoms with Crippen molar-refractivity contribution in [3.05, 3.63) is 71.3 Å². The molecule has 2 aromatic rings. The van der Waals surface area contributed by atoms with Gasteiger partial charge in [-0.05, 0) is 56.3 Å². The molecule has 3 rings (SSSR count). The summed E-state index contributed by atoms with van der Waals surface area (Å²) >= 11 is 0. The minimum atomic E-state index is 0.369. The van der Waals surface area contributed by atoms with Gasteiger partial charge in [-0.2, -0.15) is 0 Å². The molecule has 1 aliphatic heterocycles. The Morgan fingerprint density at radius 2 is 1.65 bits per heavy atom. The number of nitrogens with zero attached hydrogens (tertiary/aromatic N) is 1. The quantitative estimate of drug-likeness (QED) is 0.906. The SMILES string of the molecule is Cc1ccc(C(CN)N2CCC(Cc3ccccc3)CC2)cc1. The fourth-order valence-corrected chi connectivity index (χ4v) is 3.70. The van der Waals surface area contributed by atoms with Crippen molar-refractivity contribution in [2.24, 2.45) is 11.7 Å². The number of benzene rings is 2. The highest BCUT2D eigenvalue weighted by atomic mass is 15.2. The van der Waals surface area contributed by atoms with Gasteiger partial charge in [-0.3, -0.25) is 4.90 Å². The molecule has 1 aliphatic rings. The molecule has 0 bridgehead atoms. The van der Waals surface area contributed by atoms with E-state index in [0.29, 0.717) is 12.6 Å². The molecule has 122 valence electrons. The molecule has 1 fully saturated rings. The van der Waals surface area contributed by atoms with Crippen molar-refractivity contribution in [2.45, 2.75) is 32.2 Å². The van der Waals surface area contributed by atoms with Crippen LogP contribution in [0, 0.1) is 12.8 Å². The number of piperidine rings is 1. The predicted octanol–water partition coefficient (Wildman–Crippen LogP) is 3.95. The molecule has 1 atom stereocenters. The van der Waals surface area contributed by atoms with E-state index in [-0.39, 0.29) is 0 Å². The lowest BCUT2D eigenvalue weighted by Gasteiger charge is -2.37. The van der Waals surface area contributed by atoms with Gasteiger partial charge in [0, 0.05) is 12.6 Å². The lowest BCUT2D eigenvalue weighted by Crippen LogP contribution is -2.40.